The van der Waals surface area contributed by atoms with E-state index in [0.717, 1.165) is 6.07 Å². The monoisotopic (exact) mass is 244 g/mol. The van der Waals surface area contributed by atoms with E-state index in [1.165, 1.54) is 19.2 Å². The summed E-state index contributed by atoms with van der Waals surface area (Å²) >= 11 is 0. The summed E-state index contributed by atoms with van der Waals surface area (Å²) in [4.78, 5) is 9.90. The van der Waals surface area contributed by atoms with Crippen molar-refractivity contribution >= 4 is 11.4 Å². The second-order valence-corrected chi connectivity index (χ2v) is 3.37. The van der Waals surface area contributed by atoms with Crippen LogP contribution < -0.4 is 5.32 Å². The first-order chi connectivity index (χ1) is 8.10. The van der Waals surface area contributed by atoms with E-state index in [1.54, 1.807) is 0 Å². The van der Waals surface area contributed by atoms with E-state index in [-0.39, 0.29) is 18.9 Å². The molecule has 1 unspecified atom stereocenters. The maximum absolute atomic E-state index is 13.3. The number of ether oxygens (including phenoxy) is 1. The number of anilines is 1. The van der Waals surface area contributed by atoms with Crippen LogP contribution in [0.4, 0.5) is 15.8 Å². The Labute approximate surface area is 97.2 Å². The average molecular weight is 244 g/mol. The molecule has 1 rings (SSSR count). The summed E-state index contributed by atoms with van der Waals surface area (Å²) in [5.41, 5.74) is -0.617. The van der Waals surface area contributed by atoms with Crippen molar-refractivity contribution in [3.05, 3.63) is 34.1 Å². The maximum atomic E-state index is 13.3. The largest absolute Gasteiger partial charge is 0.394 e. The van der Waals surface area contributed by atoms with Crippen molar-refractivity contribution in [1.29, 1.82) is 0 Å². The Morgan fingerprint density at radius 2 is 2.35 bits per heavy atom. The summed E-state index contributed by atoms with van der Waals surface area (Å²) in [5.74, 6) is -0.922. The van der Waals surface area contributed by atoms with Gasteiger partial charge in [0, 0.05) is 7.11 Å². The molecule has 6 nitrogen and oxygen atoms in total. The fraction of sp³-hybridized carbons (Fsp3) is 0.400. The summed E-state index contributed by atoms with van der Waals surface area (Å²) in [5, 5.41) is 22.4. The highest BCUT2D eigenvalue weighted by atomic mass is 19.1. The van der Waals surface area contributed by atoms with Gasteiger partial charge in [0.25, 0.3) is 0 Å². The van der Waals surface area contributed by atoms with Gasteiger partial charge in [0.15, 0.2) is 0 Å². The van der Waals surface area contributed by atoms with E-state index in [9.17, 15) is 14.5 Å². The number of nitro groups is 1. The summed E-state index contributed by atoms with van der Waals surface area (Å²) in [6.07, 6.45) is 0. The van der Waals surface area contributed by atoms with Gasteiger partial charge in [-0.2, -0.15) is 4.39 Å². The summed E-state index contributed by atoms with van der Waals surface area (Å²) in [7, 11) is 1.43. The van der Waals surface area contributed by atoms with Crippen LogP contribution >= 0.6 is 0 Å². The number of nitrogens with one attached hydrogen (secondary N) is 1. The van der Waals surface area contributed by atoms with Gasteiger partial charge in [-0.05, 0) is 12.1 Å². The molecule has 1 aromatic carbocycles. The van der Waals surface area contributed by atoms with Gasteiger partial charge in [0.05, 0.1) is 24.2 Å². The molecular formula is C10H13FN2O4. The van der Waals surface area contributed by atoms with Gasteiger partial charge in [-0.3, -0.25) is 10.1 Å². The molecule has 0 saturated heterocycles. The van der Waals surface area contributed by atoms with Crippen LogP contribution in [0.15, 0.2) is 18.2 Å². The number of aliphatic hydroxyl groups excluding tert-OH is 1. The maximum Gasteiger partial charge on any atom is 0.327 e. The lowest BCUT2D eigenvalue weighted by atomic mass is 10.2. The SMILES string of the molecule is COCC(CO)Nc1cccc(F)c1[N+](=O)[O-]. The first-order valence-corrected chi connectivity index (χ1v) is 4.89. The number of nitrogens with zero attached hydrogens (tertiary/aromatic N) is 1. The van der Waals surface area contributed by atoms with E-state index in [2.05, 4.69) is 5.32 Å². The molecule has 7 heteroatoms. The smallest absolute Gasteiger partial charge is 0.327 e. The molecule has 1 aromatic rings. The van der Waals surface area contributed by atoms with Crippen molar-refractivity contribution in [3.8, 4) is 0 Å². The third-order valence-corrected chi connectivity index (χ3v) is 2.12. The van der Waals surface area contributed by atoms with Gasteiger partial charge < -0.3 is 15.2 Å². The van der Waals surface area contributed by atoms with Gasteiger partial charge in [-0.15, -0.1) is 0 Å². The first kappa shape index (κ1) is 13.3. The van der Waals surface area contributed by atoms with Gasteiger partial charge in [-0.25, -0.2) is 0 Å². The quantitative estimate of drug-likeness (QED) is 0.579. The van der Waals surface area contributed by atoms with Crippen LogP contribution in [0.2, 0.25) is 0 Å². The normalized spacial score (nSPS) is 12.2. The van der Waals surface area contributed by atoms with Crippen LogP contribution in [0.5, 0.6) is 0 Å². The zero-order valence-electron chi connectivity index (χ0n) is 9.22. The molecule has 0 aliphatic rings. The number of hydrogen-bond acceptors (Lipinski definition) is 5. The van der Waals surface area contributed by atoms with Crippen LogP contribution in [0, 0.1) is 15.9 Å². The van der Waals surface area contributed by atoms with Crippen molar-refractivity contribution in [2.24, 2.45) is 0 Å². The number of halogens is 1. The van der Waals surface area contributed by atoms with Crippen LogP contribution in [0.3, 0.4) is 0 Å². The van der Waals surface area contributed by atoms with E-state index in [0.29, 0.717) is 0 Å². The third kappa shape index (κ3) is 3.36. The second kappa shape index (κ2) is 6.12. The third-order valence-electron chi connectivity index (χ3n) is 2.12. The van der Waals surface area contributed by atoms with E-state index < -0.39 is 22.5 Å². The molecule has 17 heavy (non-hydrogen) atoms. The summed E-state index contributed by atoms with van der Waals surface area (Å²) in [6.45, 7) is -0.119. The lowest BCUT2D eigenvalue weighted by Gasteiger charge is -2.16. The van der Waals surface area contributed by atoms with Gasteiger partial charge >= 0.3 is 5.69 Å². The molecule has 0 amide bonds. The Bertz CT molecular complexity index is 400. The van der Waals surface area contributed by atoms with Crippen molar-refractivity contribution in [2.45, 2.75) is 6.04 Å². The Balaban J connectivity index is 2.97. The van der Waals surface area contributed by atoms with Crippen molar-refractivity contribution in [2.75, 3.05) is 25.6 Å². The van der Waals surface area contributed by atoms with Crippen molar-refractivity contribution < 1.29 is 19.2 Å². The first-order valence-electron chi connectivity index (χ1n) is 4.89. The van der Waals surface area contributed by atoms with Crippen molar-refractivity contribution in [3.63, 3.8) is 0 Å². The van der Waals surface area contributed by atoms with Crippen LogP contribution in [0.1, 0.15) is 0 Å². The van der Waals surface area contributed by atoms with Gasteiger partial charge in [-0.1, -0.05) is 6.07 Å². The predicted molar refractivity (Wildman–Crippen MR) is 59.4 cm³/mol. The molecule has 0 spiro atoms. The lowest BCUT2D eigenvalue weighted by molar-refractivity contribution is -0.386. The number of nitro benzene ring substituents is 1. The van der Waals surface area contributed by atoms with Crippen LogP contribution in [0.25, 0.3) is 0 Å². The van der Waals surface area contributed by atoms with E-state index >= 15 is 0 Å². The number of methoxy groups -OCH3 is 1. The number of para-hydroxylation sites is 1. The molecule has 0 saturated carbocycles. The minimum absolute atomic E-state index is 0.0195. The highest BCUT2D eigenvalue weighted by Crippen LogP contribution is 2.27. The standard InChI is InChI=1S/C10H13FN2O4/c1-17-6-7(5-14)12-9-4-2-3-8(11)10(9)13(15)16/h2-4,7,12,14H,5-6H2,1H3. The van der Waals surface area contributed by atoms with Crippen LogP contribution in [-0.4, -0.2) is 36.4 Å². The second-order valence-electron chi connectivity index (χ2n) is 3.37. The molecule has 0 aromatic heterocycles. The molecule has 0 aliphatic carbocycles. The predicted octanol–water partition coefficient (Wildman–Crippen LogP) is 1.15. The summed E-state index contributed by atoms with van der Waals surface area (Å²) in [6, 6.07) is 3.21. The molecule has 0 bridgehead atoms. The van der Waals surface area contributed by atoms with E-state index in [1.807, 2.05) is 0 Å². The molecule has 0 fully saturated rings. The number of rotatable bonds is 6. The Kier molecular flexibility index (Phi) is 4.80. The molecule has 2 N–H and O–H groups in total. The molecule has 1 atom stereocenters. The fourth-order valence-electron chi connectivity index (χ4n) is 1.38. The molecule has 0 aliphatic heterocycles. The Morgan fingerprint density at radius 3 is 2.88 bits per heavy atom. The molecule has 0 radical (unpaired) electrons. The van der Waals surface area contributed by atoms with Gasteiger partial charge in [0.2, 0.25) is 5.82 Å². The number of aliphatic hydroxyl groups is 1. The Morgan fingerprint density at radius 1 is 1.65 bits per heavy atom. The summed E-state index contributed by atoms with van der Waals surface area (Å²) < 4.78 is 18.1. The molecule has 0 heterocycles. The average Bonchev–Trinajstić information content (AvgIpc) is 2.28. The minimum Gasteiger partial charge on any atom is -0.394 e. The zero-order chi connectivity index (χ0) is 12.8. The molecular weight excluding hydrogens is 231 g/mol. The zero-order valence-corrected chi connectivity index (χ0v) is 9.22. The van der Waals surface area contributed by atoms with Crippen molar-refractivity contribution in [1.82, 2.24) is 0 Å². The fourth-order valence-corrected chi connectivity index (χ4v) is 1.38. The number of hydrogen-bond donors (Lipinski definition) is 2. The van der Waals surface area contributed by atoms with Crippen LogP contribution in [-0.2, 0) is 4.74 Å². The minimum atomic E-state index is -0.922. The number of benzene rings is 1. The highest BCUT2D eigenvalue weighted by Gasteiger charge is 2.21. The topological polar surface area (TPSA) is 84.6 Å². The lowest BCUT2D eigenvalue weighted by Crippen LogP contribution is -2.29. The molecule has 94 valence electrons. The van der Waals surface area contributed by atoms with E-state index in [4.69, 9.17) is 9.84 Å². The highest BCUT2D eigenvalue weighted by molar-refractivity contribution is 5.62. The Hall–Kier alpha value is -1.73. The van der Waals surface area contributed by atoms with Gasteiger partial charge in [0.1, 0.15) is 5.69 Å².